The molecule has 4 N–H and O–H groups in total. The average Bonchev–Trinajstić information content (AvgIpc) is 3.41. The third kappa shape index (κ3) is 7.18. The summed E-state index contributed by atoms with van der Waals surface area (Å²) in [6.45, 7) is 0.766. The number of thiazole rings is 1. The van der Waals surface area contributed by atoms with E-state index in [0.29, 0.717) is 41.4 Å². The summed E-state index contributed by atoms with van der Waals surface area (Å²) in [6, 6.07) is 4.37. The molecule has 5 rings (SSSR count). The van der Waals surface area contributed by atoms with Crippen molar-refractivity contribution in [1.82, 2.24) is 19.6 Å². The number of fused-ring (bicyclic) bond motifs is 2. The maximum Gasteiger partial charge on any atom is 0.443 e. The Morgan fingerprint density at radius 3 is 2.70 bits per heavy atom. The number of carbonyl (C=O) groups is 1. The fraction of sp³-hybridized carbons (Fsp3) is 0.444. The number of nitrogens with one attached hydrogen (secondary N) is 2. The van der Waals surface area contributed by atoms with Gasteiger partial charge in [0.15, 0.2) is 5.01 Å². The number of pyridine rings is 1. The Hall–Kier alpha value is -2.69. The summed E-state index contributed by atoms with van der Waals surface area (Å²) < 4.78 is 82.2. The number of nitrogens with two attached hydrogens (primary N) is 1. The summed E-state index contributed by atoms with van der Waals surface area (Å²) in [4.78, 5) is 21.0. The zero-order chi connectivity index (χ0) is 30.9. The topological polar surface area (TPSA) is 130 Å². The average molecular weight is 661 g/mol. The third-order valence-corrected chi connectivity index (χ3v) is 10.9. The molecule has 9 nitrogen and oxygen atoms in total. The maximum absolute atomic E-state index is 15.0. The van der Waals surface area contributed by atoms with Crippen LogP contribution in [0.4, 0.5) is 23.2 Å². The number of amides is 1. The van der Waals surface area contributed by atoms with Crippen LogP contribution in [0.15, 0.2) is 42.0 Å². The van der Waals surface area contributed by atoms with Crippen molar-refractivity contribution < 1.29 is 30.8 Å². The van der Waals surface area contributed by atoms with Gasteiger partial charge in [-0.05, 0) is 43.4 Å². The van der Waals surface area contributed by atoms with Gasteiger partial charge in [-0.15, -0.1) is 11.3 Å². The minimum absolute atomic E-state index is 0.0323. The molecular weight excluding hydrogens is 632 g/mol. The molecule has 1 aromatic carbocycles. The van der Waals surface area contributed by atoms with Crippen LogP contribution in [0.3, 0.4) is 0 Å². The second-order valence-corrected chi connectivity index (χ2v) is 13.9. The number of alkyl halides is 3. The predicted octanol–water partition coefficient (Wildman–Crippen LogP) is 4.15. The van der Waals surface area contributed by atoms with Gasteiger partial charge in [-0.3, -0.25) is 9.78 Å². The maximum atomic E-state index is 15.0. The van der Waals surface area contributed by atoms with Gasteiger partial charge in [0.2, 0.25) is 15.9 Å². The van der Waals surface area contributed by atoms with Crippen molar-refractivity contribution in [2.45, 2.75) is 55.9 Å². The second kappa shape index (κ2) is 12.7. The summed E-state index contributed by atoms with van der Waals surface area (Å²) in [5, 5.41) is 6.45. The van der Waals surface area contributed by atoms with Crippen molar-refractivity contribution in [3.63, 3.8) is 0 Å². The minimum atomic E-state index is -4.68. The van der Waals surface area contributed by atoms with E-state index in [9.17, 15) is 26.4 Å². The molecule has 2 aliphatic rings. The largest absolute Gasteiger partial charge is 0.443 e. The highest BCUT2D eigenvalue weighted by molar-refractivity contribution is 7.89. The molecule has 232 valence electrons. The number of rotatable bonds is 8. The van der Waals surface area contributed by atoms with Crippen LogP contribution in [0, 0.1) is 5.82 Å². The van der Waals surface area contributed by atoms with Gasteiger partial charge in [-0.2, -0.15) is 17.5 Å². The van der Waals surface area contributed by atoms with E-state index in [1.165, 1.54) is 28.0 Å². The van der Waals surface area contributed by atoms with Gasteiger partial charge in [-0.1, -0.05) is 23.7 Å². The predicted molar refractivity (Wildman–Crippen MR) is 155 cm³/mol. The van der Waals surface area contributed by atoms with Gasteiger partial charge in [0, 0.05) is 41.1 Å². The first-order valence-corrected chi connectivity index (χ1v) is 16.4. The van der Waals surface area contributed by atoms with E-state index in [1.54, 1.807) is 12.1 Å². The Kier molecular flexibility index (Phi) is 9.40. The van der Waals surface area contributed by atoms with Gasteiger partial charge < -0.3 is 16.4 Å². The van der Waals surface area contributed by atoms with E-state index in [-0.39, 0.29) is 41.6 Å². The number of sulfonamides is 1. The molecule has 1 unspecified atom stereocenters. The molecule has 0 saturated carbocycles. The Morgan fingerprint density at radius 1 is 1.26 bits per heavy atom. The van der Waals surface area contributed by atoms with Crippen LogP contribution in [0.5, 0.6) is 0 Å². The van der Waals surface area contributed by atoms with Crippen molar-refractivity contribution in [2.24, 2.45) is 5.73 Å². The number of benzene rings is 1. The Bertz CT molecular complexity index is 1570. The monoisotopic (exact) mass is 660 g/mol. The molecule has 3 aromatic rings. The Labute approximate surface area is 254 Å². The molecule has 2 fully saturated rings. The van der Waals surface area contributed by atoms with Crippen molar-refractivity contribution in [3.8, 4) is 0 Å². The number of aromatic nitrogens is 2. The summed E-state index contributed by atoms with van der Waals surface area (Å²) in [7, 11) is -3.45. The lowest BCUT2D eigenvalue weighted by molar-refractivity contribution is -0.137. The standard InChI is InChI=1S/C27H29ClF4N6O3S2/c28-16-5-3-15(4-6-16)23(22-14-42-26(37-22)27(30,31)32)24(33)25(39)36-21-12-34-11-20(29)19(21)8-7-18-10-35-17-2-1-9-43(40,41)38(18)13-17/h3-6,11-12,14,17-18,23-24,35H,1-2,7-10,13,33H2,(H,36,39)/t17-,18+,23+,24+/m1/s1. The third-order valence-electron chi connectivity index (χ3n) is 7.73. The van der Waals surface area contributed by atoms with Crippen molar-refractivity contribution in [2.75, 3.05) is 24.2 Å². The van der Waals surface area contributed by atoms with Crippen LogP contribution in [-0.4, -0.2) is 65.6 Å². The first-order valence-electron chi connectivity index (χ1n) is 13.5. The molecule has 0 aliphatic carbocycles. The van der Waals surface area contributed by atoms with E-state index in [2.05, 4.69) is 20.6 Å². The highest BCUT2D eigenvalue weighted by Crippen LogP contribution is 2.36. The normalized spacial score (nSPS) is 23.3. The van der Waals surface area contributed by atoms with E-state index >= 15 is 4.39 Å². The molecule has 2 saturated heterocycles. The summed E-state index contributed by atoms with van der Waals surface area (Å²) in [5.74, 6) is -2.52. The lowest BCUT2D eigenvalue weighted by Crippen LogP contribution is -2.57. The number of carbonyl (C=O) groups excluding carboxylic acids is 1. The van der Waals surface area contributed by atoms with Crippen LogP contribution >= 0.6 is 22.9 Å². The fourth-order valence-electron chi connectivity index (χ4n) is 5.54. The van der Waals surface area contributed by atoms with Crippen molar-refractivity contribution >= 4 is 44.6 Å². The summed E-state index contributed by atoms with van der Waals surface area (Å²) in [6.07, 6.45) is -0.744. The molecule has 43 heavy (non-hydrogen) atoms. The second-order valence-electron chi connectivity index (χ2n) is 10.6. The first-order chi connectivity index (χ1) is 20.3. The highest BCUT2D eigenvalue weighted by Gasteiger charge is 2.39. The van der Waals surface area contributed by atoms with E-state index in [1.807, 2.05) is 0 Å². The fourth-order valence-corrected chi connectivity index (χ4v) is 8.19. The Morgan fingerprint density at radius 2 is 2.00 bits per heavy atom. The van der Waals surface area contributed by atoms with Crippen molar-refractivity contribution in [1.29, 1.82) is 0 Å². The van der Waals surface area contributed by atoms with Gasteiger partial charge >= 0.3 is 6.18 Å². The Balaban J connectivity index is 1.37. The van der Waals surface area contributed by atoms with Crippen LogP contribution in [0.2, 0.25) is 5.02 Å². The molecule has 1 amide bonds. The number of halogens is 5. The summed E-state index contributed by atoms with van der Waals surface area (Å²) in [5.41, 5.74) is 6.85. The number of hydrogen-bond acceptors (Lipinski definition) is 8. The zero-order valence-electron chi connectivity index (χ0n) is 22.7. The van der Waals surface area contributed by atoms with Gasteiger partial charge in [0.05, 0.1) is 41.5 Å². The molecular formula is C27H29ClF4N6O3S2. The number of nitrogens with zero attached hydrogens (tertiary/aromatic N) is 3. The van der Waals surface area contributed by atoms with Crippen LogP contribution in [0.1, 0.15) is 47.0 Å². The van der Waals surface area contributed by atoms with Gasteiger partial charge in [0.1, 0.15) is 5.82 Å². The molecule has 0 radical (unpaired) electrons. The number of piperazine rings is 1. The van der Waals surface area contributed by atoms with E-state index in [0.717, 1.165) is 12.6 Å². The quantitative estimate of drug-likeness (QED) is 0.310. The van der Waals surface area contributed by atoms with Crippen LogP contribution < -0.4 is 16.4 Å². The highest BCUT2D eigenvalue weighted by atomic mass is 35.5. The summed E-state index contributed by atoms with van der Waals surface area (Å²) >= 11 is 6.38. The SMILES string of the molecule is N[C@H](C(=O)Nc1cncc(F)c1CC[C@H]1CN[C@@H]2CCCS(=O)(=O)N1C2)[C@@H](c1ccc(Cl)cc1)c1csc(C(F)(F)F)n1. The van der Waals surface area contributed by atoms with Gasteiger partial charge in [0.25, 0.3) is 0 Å². The number of anilines is 1. The van der Waals surface area contributed by atoms with Crippen LogP contribution in [0.25, 0.3) is 0 Å². The number of hydrogen-bond donors (Lipinski definition) is 3. The molecule has 0 spiro atoms. The van der Waals surface area contributed by atoms with E-state index < -0.39 is 50.9 Å². The minimum Gasteiger partial charge on any atom is -0.323 e. The molecule has 16 heteroatoms. The molecule has 4 heterocycles. The first kappa shape index (κ1) is 31.7. The molecule has 5 atom stereocenters. The zero-order valence-corrected chi connectivity index (χ0v) is 25.0. The lowest BCUT2D eigenvalue weighted by atomic mass is 9.88. The van der Waals surface area contributed by atoms with Crippen LogP contribution in [-0.2, 0) is 27.4 Å². The molecule has 2 aliphatic heterocycles. The van der Waals surface area contributed by atoms with Gasteiger partial charge in [-0.25, -0.2) is 17.8 Å². The van der Waals surface area contributed by atoms with E-state index in [4.69, 9.17) is 17.3 Å². The molecule has 2 bridgehead atoms. The lowest BCUT2D eigenvalue weighted by Gasteiger charge is -2.37. The molecule has 2 aromatic heterocycles. The smallest absolute Gasteiger partial charge is 0.323 e. The van der Waals surface area contributed by atoms with Crippen molar-refractivity contribution in [3.05, 3.63) is 74.7 Å².